The van der Waals surface area contributed by atoms with Gasteiger partial charge in [-0.3, -0.25) is 4.79 Å². The topological polar surface area (TPSA) is 66.9 Å². The first-order chi connectivity index (χ1) is 10.1. The Hall–Kier alpha value is -1.85. The summed E-state index contributed by atoms with van der Waals surface area (Å²) in [5.74, 6) is 0.501. The molecule has 21 heavy (non-hydrogen) atoms. The van der Waals surface area contributed by atoms with Gasteiger partial charge in [-0.1, -0.05) is 30.1 Å². The molecular weight excluding hydrogens is 311 g/mol. The van der Waals surface area contributed by atoms with Crippen LogP contribution in [0.1, 0.15) is 23.7 Å². The summed E-state index contributed by atoms with van der Waals surface area (Å²) in [6, 6.07) is 4.93. The van der Waals surface area contributed by atoms with Crippen molar-refractivity contribution >= 4 is 40.7 Å². The Kier molecular flexibility index (Phi) is 5.36. The van der Waals surface area contributed by atoms with Gasteiger partial charge in [0.1, 0.15) is 5.82 Å². The molecule has 2 rings (SSSR count). The van der Waals surface area contributed by atoms with Gasteiger partial charge in [-0.2, -0.15) is 0 Å². The van der Waals surface area contributed by atoms with Gasteiger partial charge in [-0.05, 0) is 24.6 Å². The summed E-state index contributed by atoms with van der Waals surface area (Å²) in [7, 11) is 0. The van der Waals surface area contributed by atoms with Gasteiger partial charge in [0.05, 0.1) is 15.6 Å². The van der Waals surface area contributed by atoms with Crippen LogP contribution in [0.25, 0.3) is 0 Å². The van der Waals surface area contributed by atoms with E-state index in [1.807, 2.05) is 6.92 Å². The van der Waals surface area contributed by atoms with Crippen molar-refractivity contribution in [1.82, 2.24) is 9.97 Å². The first-order valence-corrected chi connectivity index (χ1v) is 7.18. The Morgan fingerprint density at radius 2 is 2.10 bits per heavy atom. The molecule has 1 amide bonds. The Morgan fingerprint density at radius 1 is 1.29 bits per heavy atom. The minimum atomic E-state index is -0.387. The first-order valence-electron chi connectivity index (χ1n) is 6.43. The van der Waals surface area contributed by atoms with Crippen molar-refractivity contribution < 1.29 is 4.79 Å². The maximum atomic E-state index is 12.3. The number of hydrogen-bond donors (Lipinski definition) is 2. The zero-order chi connectivity index (χ0) is 15.2. The van der Waals surface area contributed by atoms with E-state index in [1.165, 1.54) is 6.20 Å². The van der Waals surface area contributed by atoms with Crippen LogP contribution in [0.5, 0.6) is 0 Å². The summed E-state index contributed by atoms with van der Waals surface area (Å²) in [6.07, 6.45) is 3.94. The lowest BCUT2D eigenvalue weighted by atomic mass is 10.2. The van der Waals surface area contributed by atoms with Crippen LogP contribution >= 0.6 is 23.2 Å². The normalized spacial score (nSPS) is 10.2. The number of aromatic nitrogens is 2. The maximum Gasteiger partial charge on any atom is 0.258 e. The molecule has 0 aliphatic carbocycles. The molecule has 5 nitrogen and oxygen atoms in total. The second-order valence-electron chi connectivity index (χ2n) is 4.26. The number of carbonyl (C=O) groups is 1. The Labute approximate surface area is 132 Å². The number of anilines is 2. The summed E-state index contributed by atoms with van der Waals surface area (Å²) < 4.78 is 0. The number of nitrogens with zero attached hydrogens (tertiary/aromatic N) is 2. The highest BCUT2D eigenvalue weighted by Crippen LogP contribution is 2.22. The van der Waals surface area contributed by atoms with Crippen LogP contribution in [0.15, 0.2) is 30.6 Å². The van der Waals surface area contributed by atoms with Crippen LogP contribution < -0.4 is 10.6 Å². The number of pyridine rings is 2. The molecule has 0 aromatic carbocycles. The highest BCUT2D eigenvalue weighted by Gasteiger charge is 2.14. The predicted molar refractivity (Wildman–Crippen MR) is 85.2 cm³/mol. The molecule has 2 heterocycles. The average molecular weight is 325 g/mol. The Balaban J connectivity index is 2.20. The molecule has 7 heteroatoms. The maximum absolute atomic E-state index is 12.3. The second-order valence-corrected chi connectivity index (χ2v) is 5.08. The van der Waals surface area contributed by atoms with Gasteiger partial charge in [0.15, 0.2) is 5.82 Å². The lowest BCUT2D eigenvalue weighted by Crippen LogP contribution is -2.15. The van der Waals surface area contributed by atoms with Gasteiger partial charge in [0, 0.05) is 18.9 Å². The molecule has 0 unspecified atom stereocenters. The van der Waals surface area contributed by atoms with Crippen molar-refractivity contribution in [3.8, 4) is 0 Å². The number of carbonyl (C=O) groups excluding carboxylic acids is 1. The smallest absolute Gasteiger partial charge is 0.258 e. The van der Waals surface area contributed by atoms with Crippen molar-refractivity contribution in [3.63, 3.8) is 0 Å². The van der Waals surface area contributed by atoms with Crippen molar-refractivity contribution in [2.75, 3.05) is 17.2 Å². The lowest BCUT2D eigenvalue weighted by Gasteiger charge is -2.09. The monoisotopic (exact) mass is 324 g/mol. The highest BCUT2D eigenvalue weighted by molar-refractivity contribution is 6.35. The van der Waals surface area contributed by atoms with Crippen LogP contribution in [0.4, 0.5) is 11.6 Å². The fraction of sp³-hybridized carbons (Fsp3) is 0.214. The molecular formula is C14H14Cl2N4O. The number of hydrogen-bond acceptors (Lipinski definition) is 4. The van der Waals surface area contributed by atoms with Gasteiger partial charge >= 0.3 is 0 Å². The summed E-state index contributed by atoms with van der Waals surface area (Å²) in [5.41, 5.74) is 0.312. The molecule has 0 aliphatic heterocycles. The molecule has 2 aromatic heterocycles. The van der Waals surface area contributed by atoms with Crippen LogP contribution in [-0.4, -0.2) is 22.4 Å². The van der Waals surface area contributed by atoms with Crippen LogP contribution in [0.2, 0.25) is 10.0 Å². The van der Waals surface area contributed by atoms with Gasteiger partial charge < -0.3 is 10.6 Å². The largest absolute Gasteiger partial charge is 0.370 e. The fourth-order valence-corrected chi connectivity index (χ4v) is 1.97. The van der Waals surface area contributed by atoms with E-state index < -0.39 is 0 Å². The molecule has 0 spiro atoms. The van der Waals surface area contributed by atoms with Crippen LogP contribution in [0, 0.1) is 0 Å². The zero-order valence-electron chi connectivity index (χ0n) is 11.4. The van der Waals surface area contributed by atoms with Gasteiger partial charge in [-0.25, -0.2) is 9.97 Å². The highest BCUT2D eigenvalue weighted by atomic mass is 35.5. The molecule has 110 valence electrons. The number of amides is 1. The third-order valence-corrected chi connectivity index (χ3v) is 3.25. The van der Waals surface area contributed by atoms with E-state index in [4.69, 9.17) is 23.2 Å². The third-order valence-electron chi connectivity index (χ3n) is 2.65. The van der Waals surface area contributed by atoms with E-state index >= 15 is 0 Å². The minimum Gasteiger partial charge on any atom is -0.370 e. The van der Waals surface area contributed by atoms with E-state index in [9.17, 15) is 4.79 Å². The number of rotatable bonds is 5. The van der Waals surface area contributed by atoms with Gasteiger partial charge in [0.2, 0.25) is 0 Å². The van der Waals surface area contributed by atoms with E-state index in [0.717, 1.165) is 13.0 Å². The summed E-state index contributed by atoms with van der Waals surface area (Å²) in [6.45, 7) is 2.81. The summed E-state index contributed by atoms with van der Waals surface area (Å²) >= 11 is 12.0. The van der Waals surface area contributed by atoms with Crippen molar-refractivity contribution in [2.24, 2.45) is 0 Å². The molecule has 0 atom stereocenters. The SMILES string of the molecule is CCCNc1cc(C(=O)Nc2ncccc2Cl)c(Cl)cn1. The molecule has 2 aromatic rings. The molecule has 2 N–H and O–H groups in total. The van der Waals surface area contributed by atoms with E-state index in [1.54, 1.807) is 24.4 Å². The fourth-order valence-electron chi connectivity index (χ4n) is 1.61. The van der Waals surface area contributed by atoms with E-state index in [2.05, 4.69) is 20.6 Å². The zero-order valence-corrected chi connectivity index (χ0v) is 12.9. The van der Waals surface area contributed by atoms with Crippen molar-refractivity contribution in [2.45, 2.75) is 13.3 Å². The Morgan fingerprint density at radius 3 is 2.81 bits per heavy atom. The van der Waals surface area contributed by atoms with Crippen molar-refractivity contribution in [1.29, 1.82) is 0 Å². The minimum absolute atomic E-state index is 0.265. The van der Waals surface area contributed by atoms with Gasteiger partial charge in [0.25, 0.3) is 5.91 Å². The van der Waals surface area contributed by atoms with Gasteiger partial charge in [-0.15, -0.1) is 0 Å². The molecule has 0 saturated heterocycles. The summed E-state index contributed by atoms with van der Waals surface area (Å²) in [4.78, 5) is 20.4. The first kappa shape index (κ1) is 15.5. The lowest BCUT2D eigenvalue weighted by molar-refractivity contribution is 0.102. The summed E-state index contributed by atoms with van der Waals surface area (Å²) in [5, 5.41) is 6.36. The van der Waals surface area contributed by atoms with E-state index in [0.29, 0.717) is 22.2 Å². The molecule has 0 saturated carbocycles. The van der Waals surface area contributed by atoms with Crippen LogP contribution in [0.3, 0.4) is 0 Å². The predicted octanol–water partition coefficient (Wildman–Crippen LogP) is 3.86. The molecule has 0 aliphatic rings. The number of halogens is 2. The quantitative estimate of drug-likeness (QED) is 0.876. The molecule has 0 radical (unpaired) electrons. The average Bonchev–Trinajstić information content (AvgIpc) is 2.48. The van der Waals surface area contributed by atoms with E-state index in [-0.39, 0.29) is 10.9 Å². The van der Waals surface area contributed by atoms with Crippen LogP contribution in [-0.2, 0) is 0 Å². The van der Waals surface area contributed by atoms with Crippen molar-refractivity contribution in [3.05, 3.63) is 46.2 Å². The third kappa shape index (κ3) is 4.06. The second kappa shape index (κ2) is 7.24. The molecule has 0 bridgehead atoms. The molecule has 0 fully saturated rings. The number of nitrogens with one attached hydrogen (secondary N) is 2. The standard InChI is InChI=1S/C14H14Cl2N4O/c1-2-5-17-12-7-9(11(16)8-19-12)14(21)20-13-10(15)4-3-6-18-13/h3-4,6-8H,2,5H2,1H3,(H,17,19)(H,18,20,21). The Bertz CT molecular complexity index is 649.